The summed E-state index contributed by atoms with van der Waals surface area (Å²) in [5.41, 5.74) is 2.20. The number of nitrogens with one attached hydrogen (secondary N) is 2. The average Bonchev–Trinajstić information content (AvgIpc) is 2.97. The number of aromatic nitrogens is 4. The SMILES string of the molecule is C[C@H](Nc1ncnc2nc[nH]c12)c1ccc(OC(F)F)cc1. The van der Waals surface area contributed by atoms with Gasteiger partial charge in [-0.2, -0.15) is 8.78 Å². The zero-order chi connectivity index (χ0) is 15.5. The Morgan fingerprint density at radius 1 is 1.14 bits per heavy atom. The van der Waals surface area contributed by atoms with Crippen molar-refractivity contribution in [2.75, 3.05) is 5.32 Å². The van der Waals surface area contributed by atoms with E-state index in [1.165, 1.54) is 18.5 Å². The lowest BCUT2D eigenvalue weighted by Crippen LogP contribution is -2.09. The second-order valence-electron chi connectivity index (χ2n) is 4.64. The van der Waals surface area contributed by atoms with Crippen molar-refractivity contribution in [2.45, 2.75) is 19.6 Å². The number of nitrogens with zero attached hydrogens (tertiary/aromatic N) is 3. The van der Waals surface area contributed by atoms with E-state index in [1.807, 2.05) is 6.92 Å². The van der Waals surface area contributed by atoms with Crippen molar-refractivity contribution >= 4 is 17.0 Å². The molecule has 0 aliphatic carbocycles. The quantitative estimate of drug-likeness (QED) is 0.757. The van der Waals surface area contributed by atoms with Crippen LogP contribution in [0.2, 0.25) is 0 Å². The molecule has 0 aliphatic rings. The first-order valence-corrected chi connectivity index (χ1v) is 6.59. The number of alkyl halides is 2. The molecule has 2 aromatic heterocycles. The molecular weight excluding hydrogens is 292 g/mol. The summed E-state index contributed by atoms with van der Waals surface area (Å²) in [6.07, 6.45) is 2.98. The van der Waals surface area contributed by atoms with Gasteiger partial charge in [0, 0.05) is 0 Å². The van der Waals surface area contributed by atoms with E-state index in [2.05, 4.69) is 30.0 Å². The highest BCUT2D eigenvalue weighted by atomic mass is 19.3. The van der Waals surface area contributed by atoms with Crippen LogP contribution in [-0.2, 0) is 0 Å². The number of benzene rings is 1. The Morgan fingerprint density at radius 2 is 1.91 bits per heavy atom. The lowest BCUT2D eigenvalue weighted by Gasteiger charge is -2.15. The van der Waals surface area contributed by atoms with Gasteiger partial charge in [-0.3, -0.25) is 0 Å². The molecule has 1 atom stereocenters. The maximum atomic E-state index is 12.1. The smallest absolute Gasteiger partial charge is 0.387 e. The zero-order valence-electron chi connectivity index (χ0n) is 11.6. The van der Waals surface area contributed by atoms with E-state index in [1.54, 1.807) is 18.5 Å². The van der Waals surface area contributed by atoms with Gasteiger partial charge in [0.2, 0.25) is 0 Å². The number of ether oxygens (including phenoxy) is 1. The van der Waals surface area contributed by atoms with Crippen LogP contribution in [0.5, 0.6) is 5.75 Å². The molecule has 114 valence electrons. The summed E-state index contributed by atoms with van der Waals surface area (Å²) < 4.78 is 28.6. The molecular formula is C14H13F2N5O. The van der Waals surface area contributed by atoms with Crippen LogP contribution in [0.1, 0.15) is 18.5 Å². The van der Waals surface area contributed by atoms with Crippen molar-refractivity contribution in [1.29, 1.82) is 0 Å². The van der Waals surface area contributed by atoms with Crippen molar-refractivity contribution in [3.05, 3.63) is 42.5 Å². The third kappa shape index (κ3) is 2.95. The molecule has 0 aliphatic heterocycles. The van der Waals surface area contributed by atoms with Crippen molar-refractivity contribution in [1.82, 2.24) is 19.9 Å². The number of halogens is 2. The number of rotatable bonds is 5. The fourth-order valence-corrected chi connectivity index (χ4v) is 2.10. The predicted molar refractivity (Wildman–Crippen MR) is 76.8 cm³/mol. The zero-order valence-corrected chi connectivity index (χ0v) is 11.6. The standard InChI is InChI=1S/C14H13F2N5O/c1-8(9-2-4-10(5-3-9)22-14(15)16)21-13-11-12(18-6-17-11)19-7-20-13/h2-8,14H,1H3,(H2,17,18,19,20,21)/t8-/m0/s1. The van der Waals surface area contributed by atoms with Crippen LogP contribution in [0.4, 0.5) is 14.6 Å². The Morgan fingerprint density at radius 3 is 2.64 bits per heavy atom. The molecule has 3 rings (SSSR count). The Hall–Kier alpha value is -2.77. The van der Waals surface area contributed by atoms with Crippen molar-refractivity contribution in [3.8, 4) is 5.75 Å². The first-order chi connectivity index (χ1) is 10.6. The molecule has 8 heteroatoms. The number of hydrogen-bond donors (Lipinski definition) is 2. The lowest BCUT2D eigenvalue weighted by molar-refractivity contribution is -0.0498. The van der Waals surface area contributed by atoms with E-state index < -0.39 is 6.61 Å². The van der Waals surface area contributed by atoms with Crippen molar-refractivity contribution in [2.24, 2.45) is 0 Å². The monoisotopic (exact) mass is 305 g/mol. The molecule has 6 nitrogen and oxygen atoms in total. The van der Waals surface area contributed by atoms with Gasteiger partial charge in [-0.1, -0.05) is 12.1 Å². The maximum absolute atomic E-state index is 12.1. The molecule has 1 aromatic carbocycles. The molecule has 0 saturated carbocycles. The molecule has 3 aromatic rings. The fourth-order valence-electron chi connectivity index (χ4n) is 2.10. The number of anilines is 1. The van der Waals surface area contributed by atoms with Crippen molar-refractivity contribution in [3.63, 3.8) is 0 Å². The number of hydrogen-bond acceptors (Lipinski definition) is 5. The van der Waals surface area contributed by atoms with Gasteiger partial charge >= 0.3 is 6.61 Å². The average molecular weight is 305 g/mol. The third-order valence-corrected chi connectivity index (χ3v) is 3.18. The van der Waals surface area contributed by atoms with Gasteiger partial charge in [0.15, 0.2) is 11.5 Å². The number of imidazole rings is 1. The highest BCUT2D eigenvalue weighted by Gasteiger charge is 2.11. The first kappa shape index (κ1) is 14.2. The predicted octanol–water partition coefficient (Wildman–Crippen LogP) is 3.13. The normalized spacial score (nSPS) is 12.5. The number of H-pyrrole nitrogens is 1. The first-order valence-electron chi connectivity index (χ1n) is 6.59. The molecule has 2 heterocycles. The molecule has 0 unspecified atom stereocenters. The second kappa shape index (κ2) is 5.92. The Bertz CT molecular complexity index is 759. The minimum atomic E-state index is -2.82. The van der Waals surface area contributed by atoms with Crippen LogP contribution in [0, 0.1) is 0 Å². The van der Waals surface area contributed by atoms with Crippen LogP contribution < -0.4 is 10.1 Å². The summed E-state index contributed by atoms with van der Waals surface area (Å²) in [6, 6.07) is 6.38. The van der Waals surface area contributed by atoms with Crippen LogP contribution in [0.3, 0.4) is 0 Å². The number of fused-ring (bicyclic) bond motifs is 1. The molecule has 0 fully saturated rings. The second-order valence-corrected chi connectivity index (χ2v) is 4.64. The van der Waals surface area contributed by atoms with Crippen LogP contribution in [0.15, 0.2) is 36.9 Å². The molecule has 0 spiro atoms. The van der Waals surface area contributed by atoms with Crippen LogP contribution in [-0.4, -0.2) is 26.5 Å². The third-order valence-electron chi connectivity index (χ3n) is 3.18. The summed E-state index contributed by atoms with van der Waals surface area (Å²) in [6.45, 7) is -0.885. The summed E-state index contributed by atoms with van der Waals surface area (Å²) in [4.78, 5) is 15.3. The minimum absolute atomic E-state index is 0.0815. The fraction of sp³-hybridized carbons (Fsp3) is 0.214. The lowest BCUT2D eigenvalue weighted by atomic mass is 10.1. The molecule has 0 radical (unpaired) electrons. The Balaban J connectivity index is 1.76. The topological polar surface area (TPSA) is 75.7 Å². The van der Waals surface area contributed by atoms with Gasteiger partial charge in [-0.05, 0) is 24.6 Å². The Labute approximate surface area is 124 Å². The van der Waals surface area contributed by atoms with E-state index in [9.17, 15) is 8.78 Å². The van der Waals surface area contributed by atoms with E-state index in [4.69, 9.17) is 0 Å². The van der Waals surface area contributed by atoms with Gasteiger partial charge in [0.05, 0.1) is 12.4 Å². The highest BCUT2D eigenvalue weighted by molar-refractivity contribution is 5.82. The van der Waals surface area contributed by atoms with E-state index in [-0.39, 0.29) is 11.8 Å². The molecule has 0 saturated heterocycles. The Kier molecular flexibility index (Phi) is 3.82. The molecule has 2 N–H and O–H groups in total. The van der Waals surface area contributed by atoms with Gasteiger partial charge in [-0.25, -0.2) is 15.0 Å². The number of aromatic amines is 1. The molecule has 22 heavy (non-hydrogen) atoms. The summed E-state index contributed by atoms with van der Waals surface area (Å²) in [5.74, 6) is 0.756. The van der Waals surface area contributed by atoms with Crippen molar-refractivity contribution < 1.29 is 13.5 Å². The largest absolute Gasteiger partial charge is 0.435 e. The molecule has 0 bridgehead atoms. The van der Waals surface area contributed by atoms with Gasteiger partial charge < -0.3 is 15.0 Å². The minimum Gasteiger partial charge on any atom is -0.435 e. The molecule has 0 amide bonds. The van der Waals surface area contributed by atoms with E-state index >= 15 is 0 Å². The maximum Gasteiger partial charge on any atom is 0.387 e. The van der Waals surface area contributed by atoms with Crippen LogP contribution in [0.25, 0.3) is 11.2 Å². The van der Waals surface area contributed by atoms with Gasteiger partial charge in [0.1, 0.15) is 17.6 Å². The summed E-state index contributed by atoms with van der Waals surface area (Å²) in [5, 5.41) is 3.24. The van der Waals surface area contributed by atoms with Crippen LogP contribution >= 0.6 is 0 Å². The van der Waals surface area contributed by atoms with Gasteiger partial charge in [-0.15, -0.1) is 0 Å². The van der Waals surface area contributed by atoms with E-state index in [0.29, 0.717) is 17.0 Å². The summed E-state index contributed by atoms with van der Waals surface area (Å²) in [7, 11) is 0. The highest BCUT2D eigenvalue weighted by Crippen LogP contribution is 2.24. The summed E-state index contributed by atoms with van der Waals surface area (Å²) >= 11 is 0. The van der Waals surface area contributed by atoms with Gasteiger partial charge in [0.25, 0.3) is 0 Å². The van der Waals surface area contributed by atoms with E-state index in [0.717, 1.165) is 5.56 Å².